The van der Waals surface area contributed by atoms with E-state index in [1.165, 1.54) is 0 Å². The zero-order valence-corrected chi connectivity index (χ0v) is 22.7. The molecule has 8 heteroatoms. The van der Waals surface area contributed by atoms with Gasteiger partial charge in [0.15, 0.2) is 0 Å². The number of nitrogens with one attached hydrogen (secondary N) is 1. The van der Waals surface area contributed by atoms with Crippen molar-refractivity contribution in [3.05, 3.63) is 90.0 Å². The predicted octanol–water partition coefficient (Wildman–Crippen LogP) is 3.87. The van der Waals surface area contributed by atoms with E-state index in [-0.39, 0.29) is 30.4 Å². The third-order valence-corrected chi connectivity index (χ3v) is 7.64. The highest BCUT2D eigenvalue weighted by Gasteiger charge is 2.52. The molecule has 0 bridgehead atoms. The topological polar surface area (TPSA) is 76.2 Å². The maximum atomic E-state index is 14.1. The summed E-state index contributed by atoms with van der Waals surface area (Å²) in [4.78, 5) is 44.0. The Kier molecular flexibility index (Phi) is 7.39. The maximum Gasteiger partial charge on any atom is 0.331 e. The first-order valence-electron chi connectivity index (χ1n) is 13.4. The Balaban J connectivity index is 1.53. The van der Waals surface area contributed by atoms with E-state index in [2.05, 4.69) is 30.1 Å². The van der Waals surface area contributed by atoms with Crippen molar-refractivity contribution in [2.45, 2.75) is 45.1 Å². The van der Waals surface area contributed by atoms with Gasteiger partial charge in [-0.1, -0.05) is 79.4 Å². The largest absolute Gasteiger partial charge is 0.340 e. The van der Waals surface area contributed by atoms with E-state index >= 15 is 0 Å². The number of hydrogen-bond donors (Lipinski definition) is 1. The molecule has 2 saturated heterocycles. The molecule has 2 aliphatic rings. The maximum absolute atomic E-state index is 14.1. The molecule has 202 valence electrons. The second kappa shape index (κ2) is 10.9. The monoisotopic (exact) mass is 525 g/mol. The van der Waals surface area contributed by atoms with Gasteiger partial charge in [-0.25, -0.2) is 4.79 Å². The van der Waals surface area contributed by atoms with E-state index in [4.69, 9.17) is 0 Å². The van der Waals surface area contributed by atoms with Gasteiger partial charge in [0.05, 0.1) is 13.1 Å². The molecular formula is C31H35N5O3. The summed E-state index contributed by atoms with van der Waals surface area (Å²) in [6.07, 6.45) is 1.71. The molecule has 2 heterocycles. The van der Waals surface area contributed by atoms with Crippen LogP contribution in [0.15, 0.2) is 73.3 Å². The minimum Gasteiger partial charge on any atom is -0.340 e. The van der Waals surface area contributed by atoms with Crippen LogP contribution in [0.4, 0.5) is 4.79 Å². The van der Waals surface area contributed by atoms with Gasteiger partial charge in [-0.2, -0.15) is 5.01 Å². The molecule has 2 atom stereocenters. The van der Waals surface area contributed by atoms with Gasteiger partial charge in [0.1, 0.15) is 12.2 Å². The third kappa shape index (κ3) is 5.00. The first-order chi connectivity index (χ1) is 18.8. The third-order valence-electron chi connectivity index (χ3n) is 7.64. The van der Waals surface area contributed by atoms with Crippen molar-refractivity contribution in [3.63, 3.8) is 0 Å². The lowest BCUT2D eigenvalue weighted by molar-refractivity contribution is -0.158. The van der Waals surface area contributed by atoms with Gasteiger partial charge in [0.2, 0.25) is 11.8 Å². The van der Waals surface area contributed by atoms with Crippen molar-refractivity contribution >= 4 is 34.7 Å². The van der Waals surface area contributed by atoms with Gasteiger partial charge in [0.25, 0.3) is 0 Å². The van der Waals surface area contributed by atoms with E-state index in [1.807, 2.05) is 72.3 Å². The van der Waals surface area contributed by atoms with Crippen LogP contribution in [0.1, 0.15) is 30.5 Å². The molecule has 1 N–H and O–H groups in total. The fourth-order valence-corrected chi connectivity index (χ4v) is 5.78. The number of hydrazine groups is 1. The summed E-state index contributed by atoms with van der Waals surface area (Å²) in [7, 11) is 1.58. The highest BCUT2D eigenvalue weighted by molar-refractivity contribution is 5.92. The Morgan fingerprint density at radius 3 is 2.49 bits per heavy atom. The van der Waals surface area contributed by atoms with Crippen molar-refractivity contribution < 1.29 is 14.4 Å². The summed E-state index contributed by atoms with van der Waals surface area (Å²) in [5, 5.41) is 8.34. The SMILES string of the molecule is C=Cc1ccc(C[C@H]2C(=O)N(Cc3cccc4ccccc34)C[C@H]3N2C(=O)CN3N(C(=O)NC)C(C)C)cc1. The average molecular weight is 526 g/mol. The summed E-state index contributed by atoms with van der Waals surface area (Å²) in [6.45, 7) is 8.42. The Morgan fingerprint density at radius 2 is 1.79 bits per heavy atom. The van der Waals surface area contributed by atoms with E-state index in [0.717, 1.165) is 27.5 Å². The Hall–Kier alpha value is -4.17. The Labute approximate surface area is 229 Å². The fraction of sp³-hybridized carbons (Fsp3) is 0.323. The van der Waals surface area contributed by atoms with Crippen molar-refractivity contribution in [1.82, 2.24) is 25.1 Å². The normalized spacial score (nSPS) is 19.5. The molecule has 4 amide bonds. The van der Waals surface area contributed by atoms with Gasteiger partial charge in [-0.3, -0.25) is 14.6 Å². The van der Waals surface area contributed by atoms with Crippen molar-refractivity contribution in [3.8, 4) is 0 Å². The molecule has 3 aromatic carbocycles. The van der Waals surface area contributed by atoms with Crippen LogP contribution >= 0.6 is 0 Å². The number of fused-ring (bicyclic) bond motifs is 2. The number of carbonyl (C=O) groups is 3. The first kappa shape index (κ1) is 26.4. The number of piperazine rings is 1. The van der Waals surface area contributed by atoms with Crippen LogP contribution in [0.2, 0.25) is 0 Å². The summed E-state index contributed by atoms with van der Waals surface area (Å²) in [5.74, 6) is -0.237. The van der Waals surface area contributed by atoms with Crippen LogP contribution in [0.5, 0.6) is 0 Å². The molecular weight excluding hydrogens is 490 g/mol. The number of urea groups is 1. The van der Waals surface area contributed by atoms with Gasteiger partial charge < -0.3 is 15.1 Å². The summed E-state index contributed by atoms with van der Waals surface area (Å²) in [6, 6.07) is 21.0. The minimum atomic E-state index is -0.676. The smallest absolute Gasteiger partial charge is 0.331 e. The van der Waals surface area contributed by atoms with Crippen LogP contribution in [0, 0.1) is 0 Å². The standard InChI is InChI=1S/C31H35N5O3/c1-5-22-13-15-23(16-14-22)17-27-30(38)33(18-25-11-8-10-24-9-6-7-12-26(24)25)19-28-34(20-29(37)35(27)28)36(21(2)3)31(39)32-4/h5-16,21,27-28H,1,17-20H2,2-4H3,(H,32,39)/t27-,28+/m0/s1. The van der Waals surface area contributed by atoms with Gasteiger partial charge in [-0.15, -0.1) is 0 Å². The molecule has 5 rings (SSSR count). The molecule has 0 unspecified atom stereocenters. The summed E-state index contributed by atoms with van der Waals surface area (Å²) >= 11 is 0. The fourth-order valence-electron chi connectivity index (χ4n) is 5.78. The Bertz CT molecular complexity index is 1400. The predicted molar refractivity (Wildman–Crippen MR) is 152 cm³/mol. The van der Waals surface area contributed by atoms with E-state index < -0.39 is 12.2 Å². The van der Waals surface area contributed by atoms with Crippen LogP contribution in [0.25, 0.3) is 16.8 Å². The van der Waals surface area contributed by atoms with Gasteiger partial charge in [0, 0.05) is 26.1 Å². The second-order valence-electron chi connectivity index (χ2n) is 10.4. The summed E-state index contributed by atoms with van der Waals surface area (Å²) in [5.41, 5.74) is 3.00. The zero-order chi connectivity index (χ0) is 27.7. The molecule has 39 heavy (non-hydrogen) atoms. The molecule has 2 aliphatic heterocycles. The number of amides is 4. The molecule has 2 fully saturated rings. The number of benzene rings is 3. The molecule has 0 saturated carbocycles. The molecule has 0 radical (unpaired) electrons. The average Bonchev–Trinajstić information content (AvgIpc) is 3.26. The van der Waals surface area contributed by atoms with Crippen molar-refractivity contribution in [2.24, 2.45) is 0 Å². The minimum absolute atomic E-state index is 0.0392. The lowest BCUT2D eigenvalue weighted by Crippen LogP contribution is -2.66. The lowest BCUT2D eigenvalue weighted by Gasteiger charge is -2.47. The number of rotatable bonds is 7. The van der Waals surface area contributed by atoms with Crippen molar-refractivity contribution in [1.29, 1.82) is 0 Å². The number of hydrogen-bond acceptors (Lipinski definition) is 4. The molecule has 8 nitrogen and oxygen atoms in total. The van der Waals surface area contributed by atoms with Crippen molar-refractivity contribution in [2.75, 3.05) is 20.1 Å². The number of nitrogens with zero attached hydrogens (tertiary/aromatic N) is 4. The highest BCUT2D eigenvalue weighted by atomic mass is 16.2. The molecule has 0 aromatic heterocycles. The number of carbonyl (C=O) groups excluding carboxylic acids is 3. The molecule has 0 spiro atoms. The van der Waals surface area contributed by atoms with Crippen LogP contribution in [-0.4, -0.2) is 76.0 Å². The van der Waals surface area contributed by atoms with Gasteiger partial charge in [-0.05, 0) is 41.3 Å². The molecule has 3 aromatic rings. The zero-order valence-electron chi connectivity index (χ0n) is 22.7. The summed E-state index contributed by atoms with van der Waals surface area (Å²) < 4.78 is 0. The Morgan fingerprint density at radius 1 is 1.08 bits per heavy atom. The van der Waals surface area contributed by atoms with E-state index in [1.54, 1.807) is 23.0 Å². The lowest BCUT2D eigenvalue weighted by atomic mass is 9.98. The van der Waals surface area contributed by atoms with E-state index in [9.17, 15) is 14.4 Å². The quantitative estimate of drug-likeness (QED) is 0.508. The van der Waals surface area contributed by atoms with E-state index in [0.29, 0.717) is 19.5 Å². The highest BCUT2D eigenvalue weighted by Crippen LogP contribution is 2.31. The molecule has 0 aliphatic carbocycles. The second-order valence-corrected chi connectivity index (χ2v) is 10.4. The van der Waals surface area contributed by atoms with Gasteiger partial charge >= 0.3 is 6.03 Å². The first-order valence-corrected chi connectivity index (χ1v) is 13.4. The van der Waals surface area contributed by atoms with Crippen LogP contribution in [0.3, 0.4) is 0 Å². The van der Waals surface area contributed by atoms with Crippen LogP contribution in [-0.2, 0) is 22.6 Å². The van der Waals surface area contributed by atoms with Crippen LogP contribution < -0.4 is 5.32 Å².